The monoisotopic (exact) mass is 405 g/mol. The number of amides is 2. The van der Waals surface area contributed by atoms with Crippen molar-refractivity contribution in [3.05, 3.63) is 40.2 Å². The summed E-state index contributed by atoms with van der Waals surface area (Å²) in [5, 5.41) is 7.47. The number of carbonyl (C=O) groups is 2. The van der Waals surface area contributed by atoms with Crippen LogP contribution in [0.3, 0.4) is 0 Å². The van der Waals surface area contributed by atoms with Crippen molar-refractivity contribution in [1.29, 1.82) is 0 Å². The maximum absolute atomic E-state index is 12.8. The third-order valence-corrected chi connectivity index (χ3v) is 4.66. The van der Waals surface area contributed by atoms with Crippen LogP contribution >= 0.6 is 11.6 Å². The van der Waals surface area contributed by atoms with Crippen molar-refractivity contribution >= 4 is 35.0 Å². The highest BCUT2D eigenvalue weighted by Gasteiger charge is 2.31. The van der Waals surface area contributed by atoms with Crippen LogP contribution in [0.5, 0.6) is 0 Å². The van der Waals surface area contributed by atoms with Gasteiger partial charge in [0.1, 0.15) is 5.60 Å². The molecule has 0 bridgehead atoms. The van der Waals surface area contributed by atoms with Crippen LogP contribution in [0.1, 0.15) is 42.5 Å². The van der Waals surface area contributed by atoms with Crippen LogP contribution in [0.4, 0.5) is 16.2 Å². The maximum Gasteiger partial charge on any atom is 0.410 e. The molecule has 2 heterocycles. The minimum absolute atomic E-state index is 0.260. The Kier molecular flexibility index (Phi) is 5.25. The Labute approximate surface area is 168 Å². The van der Waals surface area contributed by atoms with Crippen LogP contribution in [0, 0.1) is 0 Å². The summed E-state index contributed by atoms with van der Waals surface area (Å²) < 4.78 is 7.13. The predicted molar refractivity (Wildman–Crippen MR) is 107 cm³/mol. The molecule has 0 saturated heterocycles. The van der Waals surface area contributed by atoms with Crippen LogP contribution < -0.4 is 11.1 Å². The molecule has 0 saturated carbocycles. The number of nitrogen functional groups attached to an aromatic ring is 1. The van der Waals surface area contributed by atoms with Gasteiger partial charge in [0, 0.05) is 37.0 Å². The SMILES string of the molecule is Cn1nc(C(=O)Nc2ccc(N)cc2Cl)c2c1CCN(C(=O)OC(C)(C)C)C2. The average molecular weight is 406 g/mol. The summed E-state index contributed by atoms with van der Waals surface area (Å²) in [5.41, 5.74) is 7.95. The van der Waals surface area contributed by atoms with E-state index < -0.39 is 17.6 Å². The number of rotatable bonds is 2. The molecule has 1 aromatic heterocycles. The molecular formula is C19H24ClN5O3. The first-order chi connectivity index (χ1) is 13.0. The fourth-order valence-electron chi connectivity index (χ4n) is 3.07. The number of aromatic nitrogens is 2. The lowest BCUT2D eigenvalue weighted by Gasteiger charge is -2.30. The Morgan fingerprint density at radius 3 is 2.68 bits per heavy atom. The minimum Gasteiger partial charge on any atom is -0.444 e. The van der Waals surface area contributed by atoms with Gasteiger partial charge in [-0.3, -0.25) is 9.48 Å². The first-order valence-electron chi connectivity index (χ1n) is 8.94. The second-order valence-corrected chi connectivity index (χ2v) is 8.15. The van der Waals surface area contributed by atoms with Gasteiger partial charge in [-0.1, -0.05) is 11.6 Å². The van der Waals surface area contributed by atoms with Gasteiger partial charge in [0.05, 0.1) is 17.3 Å². The molecule has 3 N–H and O–H groups in total. The van der Waals surface area contributed by atoms with E-state index in [9.17, 15) is 9.59 Å². The molecule has 0 radical (unpaired) electrons. The number of ether oxygens (including phenoxy) is 1. The molecular weight excluding hydrogens is 382 g/mol. The van der Waals surface area contributed by atoms with E-state index in [2.05, 4.69) is 10.4 Å². The van der Waals surface area contributed by atoms with E-state index in [0.717, 1.165) is 5.69 Å². The highest BCUT2D eigenvalue weighted by Crippen LogP contribution is 2.27. The van der Waals surface area contributed by atoms with Crippen molar-refractivity contribution in [3.8, 4) is 0 Å². The summed E-state index contributed by atoms with van der Waals surface area (Å²) in [6.07, 6.45) is 0.184. The van der Waals surface area contributed by atoms with E-state index in [0.29, 0.717) is 34.9 Å². The van der Waals surface area contributed by atoms with Gasteiger partial charge in [0.2, 0.25) is 0 Å². The molecule has 0 atom stereocenters. The normalized spacial score (nSPS) is 13.8. The number of carbonyl (C=O) groups excluding carboxylic acids is 2. The molecule has 0 spiro atoms. The van der Waals surface area contributed by atoms with Crippen LogP contribution in [0.2, 0.25) is 5.02 Å². The molecule has 1 aliphatic heterocycles. The second kappa shape index (κ2) is 7.35. The third-order valence-electron chi connectivity index (χ3n) is 4.35. The number of halogens is 1. The van der Waals surface area contributed by atoms with E-state index in [4.69, 9.17) is 22.1 Å². The fraction of sp³-hybridized carbons (Fsp3) is 0.421. The number of hydrogen-bond donors (Lipinski definition) is 2. The van der Waals surface area contributed by atoms with Crippen LogP contribution in [-0.4, -0.2) is 38.8 Å². The summed E-state index contributed by atoms with van der Waals surface area (Å²) in [4.78, 5) is 26.8. The molecule has 28 heavy (non-hydrogen) atoms. The Bertz CT molecular complexity index is 932. The lowest BCUT2D eigenvalue weighted by molar-refractivity contribution is 0.0222. The fourth-order valence-corrected chi connectivity index (χ4v) is 3.31. The summed E-state index contributed by atoms with van der Waals surface area (Å²) in [7, 11) is 1.79. The zero-order valence-corrected chi connectivity index (χ0v) is 17.1. The van der Waals surface area contributed by atoms with Crippen LogP contribution in [-0.2, 0) is 24.8 Å². The number of nitrogens with one attached hydrogen (secondary N) is 1. The molecule has 0 fully saturated rings. The molecule has 2 aromatic rings. The predicted octanol–water partition coefficient (Wildman–Crippen LogP) is 3.20. The van der Waals surface area contributed by atoms with Gasteiger partial charge in [0.15, 0.2) is 5.69 Å². The minimum atomic E-state index is -0.585. The number of nitrogens with two attached hydrogens (primary N) is 1. The Hall–Kier alpha value is -2.74. The average Bonchev–Trinajstić information content (AvgIpc) is 2.92. The highest BCUT2D eigenvalue weighted by atomic mass is 35.5. The first kappa shape index (κ1) is 20.0. The molecule has 0 aliphatic carbocycles. The van der Waals surface area contributed by atoms with E-state index in [1.165, 1.54) is 0 Å². The summed E-state index contributed by atoms with van der Waals surface area (Å²) in [6, 6.07) is 4.85. The summed E-state index contributed by atoms with van der Waals surface area (Å²) >= 11 is 6.15. The molecule has 1 aromatic carbocycles. The van der Waals surface area contributed by atoms with E-state index in [-0.39, 0.29) is 12.2 Å². The number of benzene rings is 1. The van der Waals surface area contributed by atoms with E-state index in [1.54, 1.807) is 34.8 Å². The Balaban J connectivity index is 1.83. The highest BCUT2D eigenvalue weighted by molar-refractivity contribution is 6.34. The summed E-state index contributed by atoms with van der Waals surface area (Å²) in [6.45, 7) is 6.22. The van der Waals surface area contributed by atoms with Gasteiger partial charge in [-0.2, -0.15) is 5.10 Å². The van der Waals surface area contributed by atoms with Crippen molar-refractivity contribution in [1.82, 2.24) is 14.7 Å². The largest absolute Gasteiger partial charge is 0.444 e. The van der Waals surface area contributed by atoms with Gasteiger partial charge in [-0.15, -0.1) is 0 Å². The Morgan fingerprint density at radius 2 is 2.04 bits per heavy atom. The van der Waals surface area contributed by atoms with E-state index >= 15 is 0 Å². The van der Waals surface area contributed by atoms with Crippen LogP contribution in [0.15, 0.2) is 18.2 Å². The van der Waals surface area contributed by atoms with Gasteiger partial charge in [0.25, 0.3) is 5.91 Å². The number of hydrogen-bond acceptors (Lipinski definition) is 5. The van der Waals surface area contributed by atoms with Crippen molar-refractivity contribution in [2.45, 2.75) is 39.3 Å². The number of nitrogens with zero attached hydrogens (tertiary/aromatic N) is 3. The van der Waals surface area contributed by atoms with Crippen molar-refractivity contribution in [3.63, 3.8) is 0 Å². The molecule has 150 valence electrons. The standard InChI is InChI=1S/C19H24ClN5O3/c1-19(2,3)28-18(27)25-8-7-15-12(10-25)16(23-24(15)4)17(26)22-14-6-5-11(21)9-13(14)20/h5-6,9H,7-8,10,21H2,1-4H3,(H,22,26). The first-order valence-corrected chi connectivity index (χ1v) is 9.32. The van der Waals surface area contributed by atoms with Crippen molar-refractivity contribution < 1.29 is 14.3 Å². The van der Waals surface area contributed by atoms with Crippen LogP contribution in [0.25, 0.3) is 0 Å². The maximum atomic E-state index is 12.8. The molecule has 0 unspecified atom stereocenters. The molecule has 9 heteroatoms. The quantitative estimate of drug-likeness (QED) is 0.747. The third kappa shape index (κ3) is 4.22. The number of aryl methyl sites for hydroxylation is 1. The lowest BCUT2D eigenvalue weighted by atomic mass is 10.0. The topological polar surface area (TPSA) is 102 Å². The zero-order chi connectivity index (χ0) is 20.6. The van der Waals surface area contributed by atoms with Gasteiger partial charge in [-0.25, -0.2) is 4.79 Å². The van der Waals surface area contributed by atoms with Crippen molar-refractivity contribution in [2.24, 2.45) is 7.05 Å². The summed E-state index contributed by atoms with van der Waals surface area (Å²) in [5.74, 6) is -0.394. The molecule has 2 amide bonds. The van der Waals surface area contributed by atoms with Gasteiger partial charge < -0.3 is 20.7 Å². The van der Waals surface area contributed by atoms with E-state index in [1.807, 2.05) is 20.8 Å². The Morgan fingerprint density at radius 1 is 1.32 bits per heavy atom. The lowest BCUT2D eigenvalue weighted by Crippen LogP contribution is -2.40. The molecule has 1 aliphatic rings. The molecule has 8 nitrogen and oxygen atoms in total. The number of anilines is 2. The van der Waals surface area contributed by atoms with Gasteiger partial charge >= 0.3 is 6.09 Å². The smallest absolute Gasteiger partial charge is 0.410 e. The zero-order valence-electron chi connectivity index (χ0n) is 16.4. The molecule has 3 rings (SSSR count). The van der Waals surface area contributed by atoms with Crippen molar-refractivity contribution in [2.75, 3.05) is 17.6 Å². The van der Waals surface area contributed by atoms with Gasteiger partial charge in [-0.05, 0) is 39.0 Å². The number of fused-ring (bicyclic) bond motifs is 1. The second-order valence-electron chi connectivity index (χ2n) is 7.74.